The van der Waals surface area contributed by atoms with Crippen molar-refractivity contribution in [2.45, 2.75) is 26.9 Å². The van der Waals surface area contributed by atoms with Gasteiger partial charge in [-0.05, 0) is 82.9 Å². The van der Waals surface area contributed by atoms with Gasteiger partial charge >= 0.3 is 0 Å². The number of hydrogen-bond donors (Lipinski definition) is 1. The van der Waals surface area contributed by atoms with Crippen molar-refractivity contribution in [1.29, 1.82) is 0 Å². The summed E-state index contributed by atoms with van der Waals surface area (Å²) in [5.74, 6) is 2.05. The highest BCUT2D eigenvalue weighted by molar-refractivity contribution is 5.96. The maximum absolute atomic E-state index is 11.7. The largest absolute Gasteiger partial charge is 0.480 e. The highest BCUT2D eigenvalue weighted by atomic mass is 16.5. The molecule has 9 heteroatoms. The molecule has 0 radical (unpaired) electrons. The molecule has 0 saturated heterocycles. The predicted molar refractivity (Wildman–Crippen MR) is 145 cm³/mol. The van der Waals surface area contributed by atoms with Crippen LogP contribution in [-0.2, 0) is 4.79 Å². The summed E-state index contributed by atoms with van der Waals surface area (Å²) in [6.45, 7) is 7.00. The Morgan fingerprint density at radius 1 is 1.00 bits per heavy atom. The summed E-state index contributed by atoms with van der Waals surface area (Å²) in [5, 5.41) is 0.709. The summed E-state index contributed by atoms with van der Waals surface area (Å²) in [6.07, 6.45) is 2.45. The van der Waals surface area contributed by atoms with Gasteiger partial charge in [0.15, 0.2) is 6.10 Å². The van der Waals surface area contributed by atoms with Gasteiger partial charge in [-0.15, -0.1) is 0 Å². The Hall–Kier alpha value is -4.24. The van der Waals surface area contributed by atoms with Crippen LogP contribution in [0.15, 0.2) is 61.1 Å². The van der Waals surface area contributed by atoms with Crippen molar-refractivity contribution in [2.75, 3.05) is 32.1 Å². The second kappa shape index (κ2) is 11.2. The van der Waals surface area contributed by atoms with Crippen LogP contribution in [0.4, 0.5) is 11.5 Å². The smallest absolute Gasteiger partial charge is 0.258 e. The Labute approximate surface area is 216 Å². The molecular formula is C28H32N6O3. The van der Waals surface area contributed by atoms with Gasteiger partial charge in [0, 0.05) is 24.5 Å². The van der Waals surface area contributed by atoms with Crippen LogP contribution in [-0.4, -0.2) is 59.0 Å². The second-order valence-electron chi connectivity index (χ2n) is 9.15. The van der Waals surface area contributed by atoms with Crippen molar-refractivity contribution in [2.24, 2.45) is 5.73 Å². The third kappa shape index (κ3) is 6.13. The molecule has 0 fully saturated rings. The van der Waals surface area contributed by atoms with Gasteiger partial charge in [0.05, 0.1) is 17.1 Å². The molecule has 2 aromatic heterocycles. The molecule has 1 amide bonds. The molecule has 0 bridgehead atoms. The number of aryl methyl sites for hydroxylation is 2. The van der Waals surface area contributed by atoms with E-state index in [0.29, 0.717) is 34.8 Å². The van der Waals surface area contributed by atoms with Gasteiger partial charge in [-0.1, -0.05) is 6.07 Å². The van der Waals surface area contributed by atoms with Gasteiger partial charge in [0.2, 0.25) is 0 Å². The minimum atomic E-state index is -0.802. The molecule has 0 spiro atoms. The van der Waals surface area contributed by atoms with E-state index in [-0.39, 0.29) is 0 Å². The van der Waals surface area contributed by atoms with Crippen molar-refractivity contribution in [3.8, 4) is 17.2 Å². The van der Waals surface area contributed by atoms with E-state index in [9.17, 15) is 4.79 Å². The molecule has 0 aliphatic rings. The van der Waals surface area contributed by atoms with Crippen molar-refractivity contribution in [1.82, 2.24) is 19.9 Å². The zero-order chi connectivity index (χ0) is 26.5. The molecule has 4 rings (SSSR count). The lowest BCUT2D eigenvalue weighted by molar-refractivity contribution is -0.123. The first kappa shape index (κ1) is 25.8. The maximum atomic E-state index is 11.7. The van der Waals surface area contributed by atoms with E-state index in [4.69, 9.17) is 15.2 Å². The Bertz CT molecular complexity index is 1390. The number of rotatable bonds is 10. The molecular weight excluding hydrogens is 468 g/mol. The fourth-order valence-electron chi connectivity index (χ4n) is 3.83. The Morgan fingerprint density at radius 2 is 1.81 bits per heavy atom. The van der Waals surface area contributed by atoms with Crippen LogP contribution in [0.5, 0.6) is 17.2 Å². The molecule has 2 heterocycles. The van der Waals surface area contributed by atoms with Gasteiger partial charge < -0.3 is 25.0 Å². The second-order valence-corrected chi connectivity index (χ2v) is 9.15. The first-order chi connectivity index (χ1) is 17.7. The van der Waals surface area contributed by atoms with Crippen LogP contribution in [0.1, 0.15) is 18.2 Å². The van der Waals surface area contributed by atoms with E-state index in [0.717, 1.165) is 29.2 Å². The Balaban J connectivity index is 1.76. The van der Waals surface area contributed by atoms with Crippen LogP contribution >= 0.6 is 0 Å². The summed E-state index contributed by atoms with van der Waals surface area (Å²) in [7, 11) is 4.05. The molecule has 2 N–H and O–H groups in total. The number of aromatic nitrogens is 3. The number of nitrogens with zero attached hydrogens (tertiary/aromatic N) is 5. The average Bonchev–Trinajstić information content (AvgIpc) is 2.87. The molecule has 0 unspecified atom stereocenters. The normalized spacial score (nSPS) is 11.9. The molecule has 192 valence electrons. The fraction of sp³-hybridized carbons (Fsp3) is 0.286. The summed E-state index contributed by atoms with van der Waals surface area (Å²) >= 11 is 0. The summed E-state index contributed by atoms with van der Waals surface area (Å²) in [5.41, 5.74) is 9.00. The zero-order valence-electron chi connectivity index (χ0n) is 21.8. The maximum Gasteiger partial charge on any atom is 0.258 e. The van der Waals surface area contributed by atoms with Crippen molar-refractivity contribution < 1.29 is 14.3 Å². The predicted octanol–water partition coefficient (Wildman–Crippen LogP) is 4.39. The van der Waals surface area contributed by atoms with Crippen LogP contribution < -0.4 is 20.1 Å². The first-order valence-electron chi connectivity index (χ1n) is 12.1. The number of nitrogens with two attached hydrogens (primary N) is 1. The molecule has 2 aromatic carbocycles. The van der Waals surface area contributed by atoms with Crippen LogP contribution in [0.2, 0.25) is 0 Å². The SMILES string of the molecule is Cc1ccc(Oc2ccc(N(CCN(C)C)c3ncnc4cccc(O[C@H](C)C(N)=O)c34)cc2C)cn1. The van der Waals surface area contributed by atoms with Gasteiger partial charge in [-0.2, -0.15) is 0 Å². The number of primary amides is 1. The number of likely N-dealkylation sites (N-methyl/N-ethyl adjacent to an activating group) is 1. The number of fused-ring (bicyclic) bond motifs is 1. The number of amides is 1. The molecule has 0 saturated carbocycles. The zero-order valence-corrected chi connectivity index (χ0v) is 21.8. The van der Waals surface area contributed by atoms with E-state index in [1.165, 1.54) is 6.33 Å². The van der Waals surface area contributed by atoms with Crippen LogP contribution in [0, 0.1) is 13.8 Å². The molecule has 1 atom stereocenters. The van der Waals surface area contributed by atoms with E-state index < -0.39 is 12.0 Å². The molecule has 4 aromatic rings. The van der Waals surface area contributed by atoms with E-state index in [1.807, 2.05) is 64.3 Å². The van der Waals surface area contributed by atoms with Gasteiger partial charge in [0.25, 0.3) is 5.91 Å². The molecule has 37 heavy (non-hydrogen) atoms. The summed E-state index contributed by atoms with van der Waals surface area (Å²) < 4.78 is 12.0. The van der Waals surface area contributed by atoms with Crippen molar-refractivity contribution in [3.05, 3.63) is 72.3 Å². The highest BCUT2D eigenvalue weighted by Crippen LogP contribution is 2.37. The summed E-state index contributed by atoms with van der Waals surface area (Å²) in [4.78, 5) is 29.3. The number of hydrogen-bond acceptors (Lipinski definition) is 8. The average molecular weight is 501 g/mol. The molecule has 0 aliphatic heterocycles. The minimum Gasteiger partial charge on any atom is -0.480 e. The standard InChI is InChI=1S/C28H32N6O3/c1-18-15-21(10-12-24(18)37-22-11-9-19(2)30-16-22)34(14-13-33(4)5)28-26-23(31-17-32-28)7-6-8-25(26)36-20(3)27(29)35/h6-12,15-17,20H,13-14H2,1-5H3,(H2,29,35)/t20-/m1/s1. The molecule has 0 aliphatic carbocycles. The van der Waals surface area contributed by atoms with Gasteiger partial charge in [0.1, 0.15) is 29.4 Å². The van der Waals surface area contributed by atoms with E-state index in [1.54, 1.807) is 19.2 Å². The lowest BCUT2D eigenvalue weighted by Gasteiger charge is -2.28. The summed E-state index contributed by atoms with van der Waals surface area (Å²) in [6, 6.07) is 15.4. The number of ether oxygens (including phenoxy) is 2. The fourth-order valence-corrected chi connectivity index (χ4v) is 3.83. The van der Waals surface area contributed by atoms with Gasteiger partial charge in [-0.25, -0.2) is 9.97 Å². The van der Waals surface area contributed by atoms with Crippen molar-refractivity contribution in [3.63, 3.8) is 0 Å². The number of carbonyl (C=O) groups excluding carboxylic acids is 1. The van der Waals surface area contributed by atoms with E-state index >= 15 is 0 Å². The third-order valence-electron chi connectivity index (χ3n) is 5.92. The topological polar surface area (TPSA) is 107 Å². The van der Waals surface area contributed by atoms with Crippen molar-refractivity contribution >= 4 is 28.3 Å². The van der Waals surface area contributed by atoms with Crippen LogP contribution in [0.25, 0.3) is 10.9 Å². The lowest BCUT2D eigenvalue weighted by Crippen LogP contribution is -2.31. The first-order valence-corrected chi connectivity index (χ1v) is 12.1. The molecule has 9 nitrogen and oxygen atoms in total. The third-order valence-corrected chi connectivity index (χ3v) is 5.92. The lowest BCUT2D eigenvalue weighted by atomic mass is 10.1. The number of carbonyl (C=O) groups is 1. The number of pyridine rings is 1. The number of benzene rings is 2. The Kier molecular flexibility index (Phi) is 7.83. The quantitative estimate of drug-likeness (QED) is 0.342. The Morgan fingerprint density at radius 3 is 2.49 bits per heavy atom. The minimum absolute atomic E-state index is 0.498. The highest BCUT2D eigenvalue weighted by Gasteiger charge is 2.21. The van der Waals surface area contributed by atoms with Crippen LogP contribution in [0.3, 0.4) is 0 Å². The monoisotopic (exact) mass is 500 g/mol. The van der Waals surface area contributed by atoms with E-state index in [2.05, 4.69) is 30.8 Å². The van der Waals surface area contributed by atoms with Gasteiger partial charge in [-0.3, -0.25) is 9.78 Å². The number of anilines is 2.